The number of carbonyl (C=O) groups excluding carboxylic acids is 2. The Bertz CT molecular complexity index is 1630. The van der Waals surface area contributed by atoms with Gasteiger partial charge < -0.3 is 24.3 Å². The number of Topliss-reactive ketones (excluding diaryl/α,β-unsaturated/α-hetero) is 1. The van der Waals surface area contributed by atoms with Crippen LogP contribution in [-0.2, 0) is 25.6 Å². The summed E-state index contributed by atoms with van der Waals surface area (Å²) in [5.41, 5.74) is -3.84. The lowest BCUT2D eigenvalue weighted by Gasteiger charge is -2.62. The van der Waals surface area contributed by atoms with E-state index in [0.717, 1.165) is 5.56 Å². The second-order valence-corrected chi connectivity index (χ2v) is 13.4. The van der Waals surface area contributed by atoms with Gasteiger partial charge in [0, 0.05) is 53.4 Å². The Kier molecular flexibility index (Phi) is 6.47. The number of fused-ring (bicyclic) bond motifs is 7. The quantitative estimate of drug-likeness (QED) is 0.369. The van der Waals surface area contributed by atoms with Gasteiger partial charge >= 0.3 is 0 Å². The number of rotatable bonds is 6. The molecule has 1 saturated heterocycles. The summed E-state index contributed by atoms with van der Waals surface area (Å²) in [6.45, 7) is 3.16. The highest BCUT2D eigenvalue weighted by Crippen LogP contribution is 2.72. The van der Waals surface area contributed by atoms with Gasteiger partial charge in [-0.2, -0.15) is 0 Å². The molecule has 3 saturated carbocycles. The average molecular weight is 607 g/mol. The topological polar surface area (TPSA) is 141 Å². The van der Waals surface area contributed by atoms with Crippen molar-refractivity contribution in [1.29, 1.82) is 0 Å². The zero-order valence-corrected chi connectivity index (χ0v) is 24.5. The molecule has 1 aliphatic heterocycles. The van der Waals surface area contributed by atoms with E-state index >= 15 is 4.39 Å². The molecule has 10 nitrogen and oxygen atoms in total. The Balaban J connectivity index is 1.20. The summed E-state index contributed by atoms with van der Waals surface area (Å²) in [4.78, 5) is 36.6. The first-order valence-electron chi connectivity index (χ1n) is 15.0. The number of benzene rings is 1. The van der Waals surface area contributed by atoms with E-state index < -0.39 is 63.8 Å². The summed E-state index contributed by atoms with van der Waals surface area (Å²) >= 11 is 0. The molecular formula is C33H35FN2O8. The van der Waals surface area contributed by atoms with Gasteiger partial charge in [-0.05, 0) is 62.3 Å². The van der Waals surface area contributed by atoms with Crippen LogP contribution >= 0.6 is 0 Å². The van der Waals surface area contributed by atoms with Crippen molar-refractivity contribution in [2.75, 3.05) is 6.61 Å². The number of halogens is 1. The summed E-state index contributed by atoms with van der Waals surface area (Å²) in [5.74, 6) is -1.77. The lowest BCUT2D eigenvalue weighted by molar-refractivity contribution is -0.384. The molecule has 4 fully saturated rings. The SMILES string of the molecule is C[C@]12C=CC(=O)C=C1CC[C@H]1[C@@H]3C[C@H]4O[C@@H](c5ccn(Cc6cccc([N+](=O)[O-])c6)c5)O[C@@]4(C(=O)CO)[C@@]3(C)C[C@H](O)[C@@]12F. The summed E-state index contributed by atoms with van der Waals surface area (Å²) < 4.78 is 32.4. The second kappa shape index (κ2) is 9.74. The van der Waals surface area contributed by atoms with Gasteiger partial charge in [0.25, 0.3) is 5.69 Å². The molecule has 0 amide bonds. The van der Waals surface area contributed by atoms with Gasteiger partial charge in [-0.25, -0.2) is 4.39 Å². The predicted molar refractivity (Wildman–Crippen MR) is 154 cm³/mol. The van der Waals surface area contributed by atoms with Gasteiger partial charge in [0.2, 0.25) is 0 Å². The molecule has 5 aliphatic rings. The van der Waals surface area contributed by atoms with Gasteiger partial charge in [-0.3, -0.25) is 19.7 Å². The van der Waals surface area contributed by atoms with Crippen molar-refractivity contribution in [2.24, 2.45) is 22.7 Å². The van der Waals surface area contributed by atoms with Gasteiger partial charge in [0.05, 0.1) is 17.1 Å². The fraction of sp³-hybridized carbons (Fsp3) is 0.515. The normalized spacial score (nSPS) is 40.5. The zero-order chi connectivity index (χ0) is 31.2. The molecule has 0 unspecified atom stereocenters. The molecule has 11 heteroatoms. The lowest BCUT2D eigenvalue weighted by Crippen LogP contribution is -2.69. The van der Waals surface area contributed by atoms with E-state index in [1.807, 2.05) is 11.5 Å². The van der Waals surface area contributed by atoms with Gasteiger partial charge in [0.1, 0.15) is 6.61 Å². The van der Waals surface area contributed by atoms with Crippen molar-refractivity contribution in [2.45, 2.75) is 75.8 Å². The third kappa shape index (κ3) is 3.73. The van der Waals surface area contributed by atoms with Crippen LogP contribution in [0.5, 0.6) is 0 Å². The van der Waals surface area contributed by atoms with Crippen LogP contribution in [0.25, 0.3) is 0 Å². The molecule has 2 aromatic rings. The Morgan fingerprint density at radius 1 is 1.25 bits per heavy atom. The Morgan fingerprint density at radius 2 is 2.05 bits per heavy atom. The number of carbonyl (C=O) groups is 2. The number of aliphatic hydroxyl groups is 2. The summed E-state index contributed by atoms with van der Waals surface area (Å²) in [7, 11) is 0. The number of allylic oxidation sites excluding steroid dienone is 4. The Morgan fingerprint density at radius 3 is 2.80 bits per heavy atom. The maximum Gasteiger partial charge on any atom is 0.269 e. The highest BCUT2D eigenvalue weighted by molar-refractivity contribution is 6.01. The number of aromatic nitrogens is 1. The first-order chi connectivity index (χ1) is 20.9. The van der Waals surface area contributed by atoms with Crippen molar-refractivity contribution in [3.8, 4) is 0 Å². The van der Waals surface area contributed by atoms with E-state index in [0.29, 0.717) is 36.9 Å². The molecule has 232 valence electrons. The molecule has 44 heavy (non-hydrogen) atoms. The predicted octanol–water partition coefficient (Wildman–Crippen LogP) is 4.14. The monoisotopic (exact) mass is 606 g/mol. The number of non-ortho nitro benzene ring substituents is 1. The molecule has 2 N–H and O–H groups in total. The highest BCUT2D eigenvalue weighted by atomic mass is 19.1. The van der Waals surface area contributed by atoms with Crippen LogP contribution in [0.4, 0.5) is 10.1 Å². The molecule has 0 spiro atoms. The van der Waals surface area contributed by atoms with Crippen molar-refractivity contribution in [1.82, 2.24) is 4.57 Å². The van der Waals surface area contributed by atoms with E-state index in [1.54, 1.807) is 43.6 Å². The van der Waals surface area contributed by atoms with Gasteiger partial charge in [0.15, 0.2) is 29.1 Å². The number of nitro benzene ring substituents is 1. The maximum atomic E-state index is 17.5. The highest BCUT2D eigenvalue weighted by Gasteiger charge is 2.79. The van der Waals surface area contributed by atoms with E-state index in [2.05, 4.69) is 0 Å². The first kappa shape index (κ1) is 29.2. The van der Waals surface area contributed by atoms with Crippen LogP contribution in [0.1, 0.15) is 56.9 Å². The third-order valence-electron chi connectivity index (χ3n) is 11.5. The molecule has 0 radical (unpaired) electrons. The van der Waals surface area contributed by atoms with Crippen LogP contribution < -0.4 is 0 Å². The van der Waals surface area contributed by atoms with E-state index in [1.165, 1.54) is 24.3 Å². The van der Waals surface area contributed by atoms with E-state index in [4.69, 9.17) is 9.47 Å². The molecule has 0 bridgehead atoms. The smallest absolute Gasteiger partial charge is 0.269 e. The molecule has 1 aromatic heterocycles. The number of nitro groups is 1. The third-order valence-corrected chi connectivity index (χ3v) is 11.5. The standard InChI is InChI=1S/C33H35FN2O8/c1-30-10-8-23(38)13-21(30)6-7-24-25-14-28-33(27(40)18-37,31(25,2)15-26(39)32(24,30)34)44-29(43-28)20-9-11-35(17-20)16-19-4-3-5-22(12-19)36(41)42/h3-5,8-13,17,24-26,28-29,37,39H,6-7,14-16,18H2,1-2H3/t24-,25-,26-,28+,29+,30-,31-,32-,33+/m0/s1. The minimum Gasteiger partial charge on any atom is -0.390 e. The molecule has 4 aliphatic carbocycles. The van der Waals surface area contributed by atoms with Gasteiger partial charge in [-0.1, -0.05) is 30.7 Å². The first-order valence-corrected chi connectivity index (χ1v) is 15.0. The number of alkyl halides is 1. The van der Waals surface area contributed by atoms with Crippen molar-refractivity contribution >= 4 is 17.3 Å². The van der Waals surface area contributed by atoms with Gasteiger partial charge in [-0.15, -0.1) is 0 Å². The number of ether oxygens (including phenoxy) is 2. The fourth-order valence-corrected chi connectivity index (χ4v) is 9.40. The number of nitrogens with zero attached hydrogens (tertiary/aromatic N) is 2. The molecular weight excluding hydrogens is 571 g/mol. The van der Waals surface area contributed by atoms with Crippen LogP contribution in [0.2, 0.25) is 0 Å². The molecule has 1 aromatic carbocycles. The largest absolute Gasteiger partial charge is 0.390 e. The molecule has 2 heterocycles. The number of ketones is 2. The lowest BCUT2D eigenvalue weighted by atomic mass is 9.44. The Hall–Kier alpha value is -3.51. The van der Waals surface area contributed by atoms with E-state index in [9.17, 15) is 29.9 Å². The van der Waals surface area contributed by atoms with Crippen LogP contribution in [0, 0.1) is 32.8 Å². The summed E-state index contributed by atoms with van der Waals surface area (Å²) in [6.07, 6.45) is 5.98. The van der Waals surface area contributed by atoms with Crippen LogP contribution in [0.15, 0.2) is 66.5 Å². The minimum absolute atomic E-state index is 0.00316. The molecule has 9 atom stereocenters. The number of aliphatic hydroxyl groups excluding tert-OH is 2. The van der Waals surface area contributed by atoms with Crippen molar-refractivity contribution < 1.29 is 38.6 Å². The zero-order valence-electron chi connectivity index (χ0n) is 24.5. The van der Waals surface area contributed by atoms with Crippen molar-refractivity contribution in [3.63, 3.8) is 0 Å². The van der Waals surface area contributed by atoms with Crippen LogP contribution in [-0.4, -0.2) is 61.4 Å². The second-order valence-electron chi connectivity index (χ2n) is 13.4. The fourth-order valence-electron chi connectivity index (χ4n) is 9.40. The summed E-state index contributed by atoms with van der Waals surface area (Å²) in [6, 6.07) is 8.14. The minimum atomic E-state index is -2.07. The van der Waals surface area contributed by atoms with E-state index in [-0.39, 0.29) is 23.8 Å². The number of hydrogen-bond donors (Lipinski definition) is 2. The number of hydrogen-bond acceptors (Lipinski definition) is 8. The average Bonchev–Trinajstić information content (AvgIpc) is 3.67. The van der Waals surface area contributed by atoms with Crippen molar-refractivity contribution in [3.05, 3.63) is 87.8 Å². The molecule has 7 rings (SSSR count). The summed E-state index contributed by atoms with van der Waals surface area (Å²) in [5, 5.41) is 33.0. The maximum absolute atomic E-state index is 17.5. The van der Waals surface area contributed by atoms with Crippen LogP contribution in [0.3, 0.4) is 0 Å². The Labute approximate surface area is 253 Å².